The predicted molar refractivity (Wildman–Crippen MR) is 254 cm³/mol. The third-order valence-corrected chi connectivity index (χ3v) is 15.0. The standard InChI is InChI=1S/2C23H22BrN5O2S/c1-13(2)15(14-6-4-3-5-7-14)10-29-11-26-21(25)20-22(29)28-23(27-20)32-19-9-18-17(8-16(19)24)30-12-31-18;1-13(2)15(14-6-4-3-5-7-14)10-29-22-20(21(25)26-11-27-22)28-23(29)32-19-9-18-17(8-16(19)24)30-12-31-18/h3-9,11,13,15,25H,10,12H2,1-2H3,(H,27,28);3-9,11,13,15H,10,12H2,1-2H3,(H2,25,26,27). The molecule has 0 fully saturated rings. The van der Waals surface area contributed by atoms with Gasteiger partial charge in [0.05, 0.1) is 6.33 Å². The summed E-state index contributed by atoms with van der Waals surface area (Å²) in [4.78, 5) is 27.8. The van der Waals surface area contributed by atoms with Gasteiger partial charge in [-0.05, 0) is 79.1 Å². The second kappa shape index (κ2) is 18.9. The monoisotopic (exact) mass is 1020 g/mol. The smallest absolute Gasteiger partial charge is 0.231 e. The quantitative estimate of drug-likeness (QED) is 0.106. The minimum atomic E-state index is 0.182. The van der Waals surface area contributed by atoms with Gasteiger partial charge in [0.25, 0.3) is 0 Å². The van der Waals surface area contributed by atoms with Gasteiger partial charge in [0.1, 0.15) is 11.8 Å². The molecule has 4 aromatic heterocycles. The summed E-state index contributed by atoms with van der Waals surface area (Å²) in [6.07, 6.45) is 3.21. The molecule has 2 atom stereocenters. The molecule has 0 saturated carbocycles. The summed E-state index contributed by atoms with van der Waals surface area (Å²) in [7, 11) is 0. The average Bonchev–Trinajstić information content (AvgIpc) is 4.11. The van der Waals surface area contributed by atoms with Crippen LogP contribution in [0.3, 0.4) is 0 Å². The molecule has 2 unspecified atom stereocenters. The van der Waals surface area contributed by atoms with Crippen molar-refractivity contribution in [2.24, 2.45) is 11.8 Å². The maximum atomic E-state index is 8.28. The van der Waals surface area contributed by atoms with Crippen LogP contribution in [0.1, 0.15) is 50.7 Å². The number of rotatable bonds is 12. The summed E-state index contributed by atoms with van der Waals surface area (Å²) in [5.41, 5.74) is 11.6. The zero-order valence-electron chi connectivity index (χ0n) is 35.3. The van der Waals surface area contributed by atoms with Crippen LogP contribution in [0.2, 0.25) is 0 Å². The number of anilines is 1. The lowest BCUT2D eigenvalue weighted by Gasteiger charge is -2.23. The van der Waals surface area contributed by atoms with Gasteiger partial charge in [-0.2, -0.15) is 0 Å². The maximum Gasteiger partial charge on any atom is 0.231 e. The Kier molecular flexibility index (Phi) is 12.9. The lowest BCUT2D eigenvalue weighted by Crippen LogP contribution is -2.19. The van der Waals surface area contributed by atoms with Crippen molar-refractivity contribution < 1.29 is 18.9 Å². The Morgan fingerprint density at radius 2 is 1.25 bits per heavy atom. The van der Waals surface area contributed by atoms with Gasteiger partial charge in [-0.1, -0.05) is 112 Å². The van der Waals surface area contributed by atoms with Gasteiger partial charge < -0.3 is 38.8 Å². The number of hydrogen-bond acceptors (Lipinski definition) is 13. The molecule has 10 rings (SSSR count). The molecule has 0 saturated heterocycles. The van der Waals surface area contributed by atoms with Crippen molar-refractivity contribution in [1.29, 1.82) is 5.41 Å². The summed E-state index contributed by atoms with van der Waals surface area (Å²) in [6.45, 7) is 10.8. The fourth-order valence-electron chi connectivity index (χ4n) is 7.69. The minimum Gasteiger partial charge on any atom is -0.454 e. The number of fused-ring (bicyclic) bond motifs is 4. The molecule has 8 aromatic rings. The van der Waals surface area contributed by atoms with E-state index in [9.17, 15) is 0 Å². The van der Waals surface area contributed by atoms with Gasteiger partial charge >= 0.3 is 0 Å². The lowest BCUT2D eigenvalue weighted by atomic mass is 9.88. The number of nitrogens with zero attached hydrogens (tertiary/aromatic N) is 7. The number of ether oxygens (including phenoxy) is 4. The number of nitrogens with one attached hydrogen (secondary N) is 2. The highest BCUT2D eigenvalue weighted by molar-refractivity contribution is 9.10. The number of nitrogen functional groups attached to an aromatic ring is 1. The van der Waals surface area contributed by atoms with Gasteiger partial charge in [0.15, 0.2) is 61.4 Å². The Morgan fingerprint density at radius 1 is 0.703 bits per heavy atom. The highest BCUT2D eigenvalue weighted by Crippen LogP contribution is 2.45. The van der Waals surface area contributed by atoms with Crippen LogP contribution in [-0.4, -0.2) is 52.6 Å². The topological polar surface area (TPSA) is 177 Å². The SMILES string of the molecule is CC(C)C(Cn1c(Sc2cc3c(cc2Br)OCO3)nc2c(N)ncnc21)c1ccccc1.CC(C)C(Cn1cnc(=N)c2[nH]c(Sc3cc4c(cc3Br)OCO4)nc21)c1ccccc1. The van der Waals surface area contributed by atoms with E-state index in [2.05, 4.69) is 133 Å². The Morgan fingerprint density at radius 3 is 1.83 bits per heavy atom. The number of halogens is 2. The molecule has 14 nitrogen and oxygen atoms in total. The molecule has 0 radical (unpaired) electrons. The van der Waals surface area contributed by atoms with Crippen LogP contribution in [0.5, 0.6) is 23.0 Å². The van der Waals surface area contributed by atoms with E-state index >= 15 is 0 Å². The second-order valence-corrected chi connectivity index (χ2v) is 19.7. The zero-order chi connectivity index (χ0) is 44.5. The third kappa shape index (κ3) is 9.18. The lowest BCUT2D eigenvalue weighted by molar-refractivity contribution is 0.173. The Bertz CT molecular complexity index is 3020. The average molecular weight is 1020 g/mol. The Hall–Kier alpha value is -5.56. The maximum absolute atomic E-state index is 8.28. The van der Waals surface area contributed by atoms with Crippen LogP contribution >= 0.6 is 55.4 Å². The summed E-state index contributed by atoms with van der Waals surface area (Å²) in [5, 5.41) is 9.77. The van der Waals surface area contributed by atoms with Crippen molar-refractivity contribution in [2.75, 3.05) is 19.3 Å². The molecule has 0 bridgehead atoms. The molecule has 2 aliphatic rings. The first-order valence-corrected chi connectivity index (χ1v) is 23.8. The number of aromatic amines is 1. The predicted octanol–water partition coefficient (Wildman–Crippen LogP) is 10.8. The second-order valence-electron chi connectivity index (χ2n) is 15.9. The van der Waals surface area contributed by atoms with Crippen LogP contribution in [0.4, 0.5) is 5.82 Å². The van der Waals surface area contributed by atoms with E-state index in [0.717, 1.165) is 65.5 Å². The molecule has 4 N–H and O–H groups in total. The number of H-pyrrole nitrogens is 1. The van der Waals surface area contributed by atoms with Crippen molar-refractivity contribution in [2.45, 2.75) is 72.7 Å². The van der Waals surface area contributed by atoms with E-state index in [1.807, 2.05) is 41.0 Å². The molecule has 18 heteroatoms. The third-order valence-electron chi connectivity index (χ3n) is 11.1. The molecule has 0 spiro atoms. The van der Waals surface area contributed by atoms with Crippen molar-refractivity contribution in [1.82, 2.24) is 39.0 Å². The molecule has 328 valence electrons. The van der Waals surface area contributed by atoms with Gasteiger partial charge in [-0.25, -0.2) is 24.9 Å². The highest BCUT2D eigenvalue weighted by atomic mass is 79.9. The van der Waals surface area contributed by atoms with Crippen molar-refractivity contribution >= 4 is 83.5 Å². The first-order valence-electron chi connectivity index (χ1n) is 20.6. The molecule has 6 heterocycles. The molecule has 0 amide bonds. The van der Waals surface area contributed by atoms with Crippen molar-refractivity contribution in [3.8, 4) is 23.0 Å². The van der Waals surface area contributed by atoms with Crippen LogP contribution in [0.25, 0.3) is 22.3 Å². The van der Waals surface area contributed by atoms with E-state index in [1.165, 1.54) is 41.0 Å². The fourth-order valence-corrected chi connectivity index (χ4v) is 10.6. The molecule has 2 aliphatic heterocycles. The molecule has 4 aromatic carbocycles. The summed E-state index contributed by atoms with van der Waals surface area (Å²) in [5.74, 6) is 4.71. The Balaban J connectivity index is 0.000000162. The first kappa shape index (κ1) is 43.7. The van der Waals surface area contributed by atoms with Crippen molar-refractivity contribution in [3.63, 3.8) is 0 Å². The van der Waals surface area contributed by atoms with Gasteiger partial charge in [-0.3, -0.25) is 5.41 Å². The number of imidazole rings is 2. The molecular weight excluding hydrogens is 981 g/mol. The Labute approximate surface area is 394 Å². The zero-order valence-corrected chi connectivity index (χ0v) is 40.1. The number of nitrogens with two attached hydrogens (primary N) is 1. The summed E-state index contributed by atoms with van der Waals surface area (Å²) < 4.78 is 28.0. The molecule has 0 aliphatic carbocycles. The summed E-state index contributed by atoms with van der Waals surface area (Å²) in [6, 6.07) is 28.8. The van der Waals surface area contributed by atoms with Crippen LogP contribution in [0, 0.1) is 17.2 Å². The number of hydrogen-bond donors (Lipinski definition) is 3. The van der Waals surface area contributed by atoms with E-state index in [1.54, 1.807) is 6.33 Å². The first-order chi connectivity index (χ1) is 31.0. The normalized spacial score (nSPS) is 13.8. The highest BCUT2D eigenvalue weighted by Gasteiger charge is 2.25. The van der Waals surface area contributed by atoms with E-state index in [-0.39, 0.29) is 25.0 Å². The fraction of sp³-hybridized carbons (Fsp3) is 0.261. The number of benzene rings is 4. The van der Waals surface area contributed by atoms with E-state index in [4.69, 9.17) is 40.1 Å². The van der Waals surface area contributed by atoms with Crippen molar-refractivity contribution in [3.05, 3.63) is 123 Å². The molecular formula is C46H44Br2N10O4S2. The minimum absolute atomic E-state index is 0.182. The van der Waals surface area contributed by atoms with Crippen LogP contribution < -0.4 is 30.2 Å². The summed E-state index contributed by atoms with van der Waals surface area (Å²) >= 11 is 10.3. The van der Waals surface area contributed by atoms with Crippen LogP contribution in [-0.2, 0) is 13.1 Å². The number of aromatic nitrogens is 8. The molecule has 64 heavy (non-hydrogen) atoms. The van der Waals surface area contributed by atoms with Crippen LogP contribution in [0.15, 0.2) is 127 Å². The van der Waals surface area contributed by atoms with Gasteiger partial charge in [-0.15, -0.1) is 0 Å². The van der Waals surface area contributed by atoms with Gasteiger partial charge in [0.2, 0.25) is 13.6 Å². The van der Waals surface area contributed by atoms with E-state index in [0.29, 0.717) is 45.5 Å². The van der Waals surface area contributed by atoms with Gasteiger partial charge in [0, 0.05) is 43.7 Å². The van der Waals surface area contributed by atoms with E-state index < -0.39 is 0 Å². The largest absolute Gasteiger partial charge is 0.454 e.